The summed E-state index contributed by atoms with van der Waals surface area (Å²) in [5.41, 5.74) is -1.04. The maximum atomic E-state index is 12.9. The number of hydrogen-bond acceptors (Lipinski definition) is 3. The van der Waals surface area contributed by atoms with Gasteiger partial charge in [-0.3, -0.25) is 4.79 Å². The number of sulfonamides is 1. The van der Waals surface area contributed by atoms with E-state index in [1.54, 1.807) is 0 Å². The Morgan fingerprint density at radius 1 is 1.21 bits per heavy atom. The first kappa shape index (κ1) is 18.7. The fourth-order valence-corrected chi connectivity index (χ4v) is 4.15. The number of nitrogens with one attached hydrogen (secondary N) is 1. The van der Waals surface area contributed by atoms with E-state index in [9.17, 15) is 26.4 Å². The number of aliphatic carboxylic acids is 1. The van der Waals surface area contributed by atoms with E-state index in [2.05, 4.69) is 4.72 Å². The van der Waals surface area contributed by atoms with Crippen molar-refractivity contribution in [2.24, 2.45) is 5.92 Å². The molecule has 2 N–H and O–H groups in total. The van der Waals surface area contributed by atoms with Crippen molar-refractivity contribution in [1.29, 1.82) is 0 Å². The van der Waals surface area contributed by atoms with Gasteiger partial charge in [0.1, 0.15) is 0 Å². The van der Waals surface area contributed by atoms with Gasteiger partial charge in [0.25, 0.3) is 0 Å². The van der Waals surface area contributed by atoms with Gasteiger partial charge in [-0.2, -0.15) is 13.2 Å². The molecule has 0 aromatic heterocycles. The molecule has 0 amide bonds. The Labute approximate surface area is 137 Å². The Balaban J connectivity index is 2.16. The summed E-state index contributed by atoms with van der Waals surface area (Å²) in [6, 6.07) is 2.41. The average molecular weight is 365 g/mol. The highest BCUT2D eigenvalue weighted by atomic mass is 32.2. The van der Waals surface area contributed by atoms with Crippen molar-refractivity contribution in [3.63, 3.8) is 0 Å². The highest BCUT2D eigenvalue weighted by Gasteiger charge is 2.34. The van der Waals surface area contributed by atoms with Gasteiger partial charge in [0, 0.05) is 6.04 Å². The molecular weight excluding hydrogens is 347 g/mol. The van der Waals surface area contributed by atoms with E-state index in [4.69, 9.17) is 5.11 Å². The van der Waals surface area contributed by atoms with Gasteiger partial charge >= 0.3 is 12.1 Å². The summed E-state index contributed by atoms with van der Waals surface area (Å²) in [6.45, 7) is 1.26. The number of carboxylic acid groups (broad SMARTS) is 1. The molecule has 0 unspecified atom stereocenters. The first-order valence-electron chi connectivity index (χ1n) is 7.43. The number of alkyl halides is 3. The van der Waals surface area contributed by atoms with Gasteiger partial charge in [0.15, 0.2) is 0 Å². The van der Waals surface area contributed by atoms with Crippen molar-refractivity contribution in [3.8, 4) is 0 Å². The van der Waals surface area contributed by atoms with E-state index in [1.807, 2.05) is 0 Å². The first-order chi connectivity index (χ1) is 11.0. The Morgan fingerprint density at radius 3 is 2.29 bits per heavy atom. The third-order valence-electron chi connectivity index (χ3n) is 4.22. The second kappa shape index (κ2) is 6.72. The molecule has 134 valence electrons. The fourth-order valence-electron chi connectivity index (χ4n) is 2.82. The van der Waals surface area contributed by atoms with Gasteiger partial charge in [-0.15, -0.1) is 0 Å². The van der Waals surface area contributed by atoms with Crippen LogP contribution in [0.15, 0.2) is 23.1 Å². The molecule has 0 radical (unpaired) electrons. The summed E-state index contributed by atoms with van der Waals surface area (Å²) in [5.74, 6) is -1.41. The van der Waals surface area contributed by atoms with Crippen LogP contribution in [0.25, 0.3) is 0 Å². The van der Waals surface area contributed by atoms with Gasteiger partial charge in [-0.05, 0) is 50.3 Å². The van der Waals surface area contributed by atoms with Gasteiger partial charge < -0.3 is 5.11 Å². The van der Waals surface area contributed by atoms with Crippen LogP contribution in [-0.2, 0) is 21.0 Å². The Kier molecular flexibility index (Phi) is 5.24. The van der Waals surface area contributed by atoms with Crippen LogP contribution in [0.5, 0.6) is 0 Å². The Bertz CT molecular complexity index is 723. The van der Waals surface area contributed by atoms with Crippen LogP contribution < -0.4 is 4.72 Å². The second-order valence-corrected chi connectivity index (χ2v) is 7.70. The number of hydrogen-bond donors (Lipinski definition) is 2. The van der Waals surface area contributed by atoms with Crippen LogP contribution in [0.3, 0.4) is 0 Å². The van der Waals surface area contributed by atoms with Crippen molar-refractivity contribution >= 4 is 16.0 Å². The summed E-state index contributed by atoms with van der Waals surface area (Å²) in [6.07, 6.45) is -3.27. The van der Waals surface area contributed by atoms with Crippen LogP contribution >= 0.6 is 0 Å². The first-order valence-corrected chi connectivity index (χ1v) is 8.92. The molecule has 5 nitrogen and oxygen atoms in total. The normalized spacial score (nSPS) is 22.3. The number of rotatable bonds is 4. The largest absolute Gasteiger partial charge is 0.481 e. The smallest absolute Gasteiger partial charge is 0.416 e. The number of carbonyl (C=O) groups is 1. The number of aryl methyl sites for hydroxylation is 1. The lowest BCUT2D eigenvalue weighted by molar-refractivity contribution is -0.143. The van der Waals surface area contributed by atoms with Crippen LogP contribution in [0.4, 0.5) is 13.2 Å². The minimum atomic E-state index is -4.63. The number of benzene rings is 1. The summed E-state index contributed by atoms with van der Waals surface area (Å²) in [7, 11) is -4.09. The van der Waals surface area contributed by atoms with Gasteiger partial charge in [0.2, 0.25) is 10.0 Å². The van der Waals surface area contributed by atoms with E-state index in [1.165, 1.54) is 6.92 Å². The minimum Gasteiger partial charge on any atom is -0.481 e. The van der Waals surface area contributed by atoms with E-state index in [0.717, 1.165) is 12.1 Å². The zero-order chi connectivity index (χ0) is 18.1. The minimum absolute atomic E-state index is 0.0524. The molecule has 1 aliphatic carbocycles. The molecular formula is C15H18F3NO4S. The molecule has 0 atom stereocenters. The molecule has 0 heterocycles. The summed E-state index contributed by atoms with van der Waals surface area (Å²) in [4.78, 5) is 10.4. The van der Waals surface area contributed by atoms with E-state index in [-0.39, 0.29) is 5.56 Å². The Hall–Kier alpha value is -1.61. The molecule has 24 heavy (non-hydrogen) atoms. The van der Waals surface area contributed by atoms with Crippen LogP contribution in [0, 0.1) is 12.8 Å². The molecule has 0 aliphatic heterocycles. The molecule has 1 aromatic carbocycles. The van der Waals surface area contributed by atoms with Gasteiger partial charge in [-0.25, -0.2) is 13.1 Å². The van der Waals surface area contributed by atoms with Gasteiger partial charge in [0.05, 0.1) is 16.4 Å². The van der Waals surface area contributed by atoms with Crippen molar-refractivity contribution in [2.75, 3.05) is 0 Å². The lowest BCUT2D eigenvalue weighted by Gasteiger charge is -2.26. The molecule has 1 fully saturated rings. The predicted molar refractivity (Wildman–Crippen MR) is 79.9 cm³/mol. The topological polar surface area (TPSA) is 83.5 Å². The third kappa shape index (κ3) is 4.27. The lowest BCUT2D eigenvalue weighted by Crippen LogP contribution is -2.38. The zero-order valence-corrected chi connectivity index (χ0v) is 13.7. The number of carboxylic acids is 1. The maximum absolute atomic E-state index is 12.9. The molecule has 0 saturated heterocycles. The molecule has 2 rings (SSSR count). The van der Waals surface area contributed by atoms with Crippen LogP contribution in [-0.4, -0.2) is 25.5 Å². The molecule has 1 aliphatic rings. The van der Waals surface area contributed by atoms with Crippen molar-refractivity contribution in [3.05, 3.63) is 29.3 Å². The monoisotopic (exact) mass is 365 g/mol. The summed E-state index contributed by atoms with van der Waals surface area (Å²) in [5, 5.41) is 8.92. The Morgan fingerprint density at radius 2 is 1.79 bits per heavy atom. The SMILES string of the molecule is Cc1ccc(S(=O)(=O)NC2CCC(C(=O)O)CC2)cc1C(F)(F)F. The predicted octanol–water partition coefficient (Wildman–Crippen LogP) is 2.94. The van der Waals surface area contributed by atoms with Crippen molar-refractivity contribution in [2.45, 2.75) is 49.7 Å². The molecule has 1 aromatic rings. The quantitative estimate of drug-likeness (QED) is 0.859. The second-order valence-electron chi connectivity index (χ2n) is 5.98. The van der Waals surface area contributed by atoms with Crippen LogP contribution in [0.2, 0.25) is 0 Å². The highest BCUT2D eigenvalue weighted by Crippen LogP contribution is 2.33. The third-order valence-corrected chi connectivity index (χ3v) is 5.74. The van der Waals surface area contributed by atoms with Crippen molar-refractivity contribution < 1.29 is 31.5 Å². The molecule has 0 spiro atoms. The van der Waals surface area contributed by atoms with Crippen LogP contribution in [0.1, 0.15) is 36.8 Å². The zero-order valence-electron chi connectivity index (χ0n) is 12.9. The fraction of sp³-hybridized carbons (Fsp3) is 0.533. The molecule has 9 heteroatoms. The van der Waals surface area contributed by atoms with Crippen molar-refractivity contribution in [1.82, 2.24) is 4.72 Å². The highest BCUT2D eigenvalue weighted by molar-refractivity contribution is 7.89. The lowest BCUT2D eigenvalue weighted by atomic mass is 9.87. The molecule has 1 saturated carbocycles. The average Bonchev–Trinajstić information content (AvgIpc) is 2.46. The van der Waals surface area contributed by atoms with E-state index < -0.39 is 44.6 Å². The summed E-state index contributed by atoms with van der Waals surface area (Å²) < 4.78 is 65.8. The maximum Gasteiger partial charge on any atom is 0.416 e. The summed E-state index contributed by atoms with van der Waals surface area (Å²) >= 11 is 0. The van der Waals surface area contributed by atoms with E-state index >= 15 is 0 Å². The standard InChI is InChI=1S/C15H18F3NO4S/c1-9-2-7-12(8-13(9)15(16,17)18)24(22,23)19-11-5-3-10(4-6-11)14(20)21/h2,7-8,10-11,19H,3-6H2,1H3,(H,20,21). The molecule has 0 bridgehead atoms. The van der Waals surface area contributed by atoms with E-state index in [0.29, 0.717) is 31.7 Å². The number of halogens is 3. The van der Waals surface area contributed by atoms with Gasteiger partial charge in [-0.1, -0.05) is 6.07 Å².